The lowest BCUT2D eigenvalue weighted by Crippen LogP contribution is -2.41. The van der Waals surface area contributed by atoms with Crippen LogP contribution in [-0.2, 0) is 0 Å². The number of likely N-dealkylation sites (tertiary alicyclic amines) is 1. The van der Waals surface area contributed by atoms with Crippen LogP contribution < -0.4 is 5.32 Å². The zero-order valence-electron chi connectivity index (χ0n) is 9.91. The molecular formula is C13H24N2. The normalized spacial score (nSPS) is 45.4. The predicted molar refractivity (Wildman–Crippen MR) is 62.9 cm³/mol. The van der Waals surface area contributed by atoms with Gasteiger partial charge in [-0.3, -0.25) is 4.90 Å². The van der Waals surface area contributed by atoms with Crippen molar-refractivity contribution < 1.29 is 0 Å². The zero-order chi connectivity index (χ0) is 10.3. The van der Waals surface area contributed by atoms with Crippen LogP contribution in [0, 0.1) is 11.8 Å². The number of fused-ring (bicyclic) bond motifs is 2. The van der Waals surface area contributed by atoms with E-state index in [2.05, 4.69) is 17.3 Å². The van der Waals surface area contributed by atoms with Crippen LogP contribution in [0.3, 0.4) is 0 Å². The second-order valence-electron chi connectivity index (χ2n) is 5.87. The highest BCUT2D eigenvalue weighted by Crippen LogP contribution is 2.39. The van der Waals surface area contributed by atoms with E-state index in [1.807, 2.05) is 0 Å². The van der Waals surface area contributed by atoms with Gasteiger partial charge in [-0.05, 0) is 51.0 Å². The monoisotopic (exact) mass is 208 g/mol. The molecule has 3 fully saturated rings. The molecule has 1 aliphatic heterocycles. The van der Waals surface area contributed by atoms with Gasteiger partial charge in [0.2, 0.25) is 0 Å². The van der Waals surface area contributed by atoms with Gasteiger partial charge in [0.05, 0.1) is 0 Å². The second-order valence-corrected chi connectivity index (χ2v) is 5.87. The Balaban J connectivity index is 1.56. The highest BCUT2D eigenvalue weighted by Gasteiger charge is 2.39. The van der Waals surface area contributed by atoms with Crippen molar-refractivity contribution >= 4 is 0 Å². The first-order chi connectivity index (χ1) is 7.36. The molecule has 4 atom stereocenters. The van der Waals surface area contributed by atoms with Crippen molar-refractivity contribution in [3.63, 3.8) is 0 Å². The van der Waals surface area contributed by atoms with Gasteiger partial charge < -0.3 is 5.32 Å². The third kappa shape index (κ3) is 1.83. The number of rotatable bonds is 3. The Morgan fingerprint density at radius 2 is 2.13 bits per heavy atom. The van der Waals surface area contributed by atoms with Crippen LogP contribution in [0.4, 0.5) is 0 Å². The minimum absolute atomic E-state index is 0.809. The molecule has 86 valence electrons. The maximum absolute atomic E-state index is 3.51. The van der Waals surface area contributed by atoms with Gasteiger partial charge in [-0.25, -0.2) is 0 Å². The Bertz CT molecular complexity index is 225. The van der Waals surface area contributed by atoms with Gasteiger partial charge in [-0.2, -0.15) is 0 Å². The average molecular weight is 208 g/mol. The van der Waals surface area contributed by atoms with Gasteiger partial charge in [0, 0.05) is 25.2 Å². The summed E-state index contributed by atoms with van der Waals surface area (Å²) in [5.41, 5.74) is 0. The molecule has 0 aromatic rings. The van der Waals surface area contributed by atoms with Gasteiger partial charge in [-0.1, -0.05) is 6.42 Å². The van der Waals surface area contributed by atoms with E-state index in [-0.39, 0.29) is 0 Å². The van der Waals surface area contributed by atoms with Crippen molar-refractivity contribution in [2.24, 2.45) is 11.8 Å². The van der Waals surface area contributed by atoms with E-state index >= 15 is 0 Å². The summed E-state index contributed by atoms with van der Waals surface area (Å²) in [5, 5.41) is 3.51. The summed E-state index contributed by atoms with van der Waals surface area (Å²) in [5.74, 6) is 2.00. The van der Waals surface area contributed by atoms with Crippen molar-refractivity contribution in [2.75, 3.05) is 20.1 Å². The van der Waals surface area contributed by atoms with Crippen LogP contribution in [-0.4, -0.2) is 37.1 Å². The lowest BCUT2D eigenvalue weighted by molar-refractivity contribution is 0.172. The van der Waals surface area contributed by atoms with Gasteiger partial charge in [0.25, 0.3) is 0 Å². The molecule has 3 rings (SSSR count). The molecule has 2 nitrogen and oxygen atoms in total. The molecule has 15 heavy (non-hydrogen) atoms. The summed E-state index contributed by atoms with van der Waals surface area (Å²) in [6, 6.07) is 1.78. The fourth-order valence-corrected chi connectivity index (χ4v) is 4.19. The molecule has 1 heterocycles. The second kappa shape index (κ2) is 4.06. The lowest BCUT2D eigenvalue weighted by atomic mass is 10.0. The smallest absolute Gasteiger partial charge is 0.0104 e. The Labute approximate surface area is 93.4 Å². The molecule has 0 aromatic heterocycles. The molecule has 2 bridgehead atoms. The summed E-state index contributed by atoms with van der Waals surface area (Å²) in [6.45, 7) is 2.80. The summed E-state index contributed by atoms with van der Waals surface area (Å²) in [4.78, 5) is 2.80. The van der Waals surface area contributed by atoms with E-state index in [1.54, 1.807) is 0 Å². The molecule has 2 heteroatoms. The van der Waals surface area contributed by atoms with Crippen molar-refractivity contribution in [3.05, 3.63) is 0 Å². The van der Waals surface area contributed by atoms with E-state index in [9.17, 15) is 0 Å². The van der Waals surface area contributed by atoms with E-state index in [0.29, 0.717) is 0 Å². The van der Waals surface area contributed by atoms with E-state index in [1.165, 1.54) is 51.6 Å². The van der Waals surface area contributed by atoms with E-state index in [4.69, 9.17) is 0 Å². The molecule has 2 aliphatic carbocycles. The molecule has 4 unspecified atom stereocenters. The summed E-state index contributed by atoms with van der Waals surface area (Å²) >= 11 is 0. The van der Waals surface area contributed by atoms with Gasteiger partial charge in [-0.15, -0.1) is 0 Å². The topological polar surface area (TPSA) is 15.3 Å². The minimum Gasteiger partial charge on any atom is -0.317 e. The highest BCUT2D eigenvalue weighted by molar-refractivity contribution is 4.94. The summed E-state index contributed by atoms with van der Waals surface area (Å²) < 4.78 is 0. The number of hydrogen-bond donors (Lipinski definition) is 1. The quantitative estimate of drug-likeness (QED) is 0.761. The lowest BCUT2D eigenvalue weighted by Gasteiger charge is -2.31. The molecule has 0 spiro atoms. The van der Waals surface area contributed by atoms with Gasteiger partial charge in [0.1, 0.15) is 0 Å². The molecule has 0 aromatic carbocycles. The highest BCUT2D eigenvalue weighted by atomic mass is 15.2. The Kier molecular flexibility index (Phi) is 2.73. The van der Waals surface area contributed by atoms with Crippen LogP contribution >= 0.6 is 0 Å². The molecule has 0 radical (unpaired) electrons. The maximum atomic E-state index is 3.51. The first kappa shape index (κ1) is 10.1. The van der Waals surface area contributed by atoms with Crippen LogP contribution in [0.5, 0.6) is 0 Å². The number of piperidine rings is 1. The maximum Gasteiger partial charge on any atom is 0.0104 e. The Morgan fingerprint density at radius 3 is 2.80 bits per heavy atom. The first-order valence-corrected chi connectivity index (χ1v) is 6.78. The molecular weight excluding hydrogens is 184 g/mol. The molecule has 0 amide bonds. The fourth-order valence-electron chi connectivity index (χ4n) is 4.19. The SMILES string of the molecule is CNC1CCCC1CN1CC2CCC1C2. The number of nitrogens with one attached hydrogen (secondary N) is 1. The average Bonchev–Trinajstić information content (AvgIpc) is 2.92. The third-order valence-corrected chi connectivity index (χ3v) is 5.02. The molecule has 1 saturated heterocycles. The van der Waals surface area contributed by atoms with Crippen LogP contribution in [0.2, 0.25) is 0 Å². The Morgan fingerprint density at radius 1 is 1.20 bits per heavy atom. The standard InChI is InChI=1S/C13H24N2/c1-14-13-4-2-3-11(13)9-15-8-10-5-6-12(15)7-10/h10-14H,2-9H2,1H3. The van der Waals surface area contributed by atoms with Crippen LogP contribution in [0.25, 0.3) is 0 Å². The summed E-state index contributed by atoms with van der Waals surface area (Å²) in [7, 11) is 2.14. The van der Waals surface area contributed by atoms with Crippen molar-refractivity contribution in [3.8, 4) is 0 Å². The van der Waals surface area contributed by atoms with E-state index < -0.39 is 0 Å². The van der Waals surface area contributed by atoms with Crippen LogP contribution in [0.15, 0.2) is 0 Å². The summed E-state index contributed by atoms with van der Waals surface area (Å²) in [6.07, 6.45) is 8.82. The molecule has 1 N–H and O–H groups in total. The predicted octanol–water partition coefficient (Wildman–Crippen LogP) is 1.86. The van der Waals surface area contributed by atoms with Crippen molar-refractivity contribution in [2.45, 2.75) is 50.6 Å². The molecule has 3 aliphatic rings. The third-order valence-electron chi connectivity index (χ3n) is 5.02. The number of hydrogen-bond acceptors (Lipinski definition) is 2. The van der Waals surface area contributed by atoms with Gasteiger partial charge >= 0.3 is 0 Å². The van der Waals surface area contributed by atoms with Crippen molar-refractivity contribution in [1.29, 1.82) is 0 Å². The van der Waals surface area contributed by atoms with Crippen molar-refractivity contribution in [1.82, 2.24) is 10.2 Å². The first-order valence-electron chi connectivity index (χ1n) is 6.78. The van der Waals surface area contributed by atoms with Gasteiger partial charge in [0.15, 0.2) is 0 Å². The van der Waals surface area contributed by atoms with Crippen LogP contribution in [0.1, 0.15) is 38.5 Å². The molecule has 2 saturated carbocycles. The largest absolute Gasteiger partial charge is 0.317 e. The Hall–Kier alpha value is -0.0800. The zero-order valence-corrected chi connectivity index (χ0v) is 9.91. The fraction of sp³-hybridized carbons (Fsp3) is 1.00. The van der Waals surface area contributed by atoms with E-state index in [0.717, 1.165) is 23.9 Å². The number of nitrogens with zero attached hydrogens (tertiary/aromatic N) is 1. The minimum atomic E-state index is 0.809.